The quantitative estimate of drug-likeness (QED) is 0.935. The number of halogens is 1. The van der Waals surface area contributed by atoms with Crippen molar-refractivity contribution in [1.82, 2.24) is 5.32 Å². The van der Waals surface area contributed by atoms with E-state index in [-0.39, 0.29) is 12.7 Å². The summed E-state index contributed by atoms with van der Waals surface area (Å²) in [7, 11) is 3.97. The maximum atomic E-state index is 12.3. The number of hydrogen-bond acceptors (Lipinski definition) is 4. The summed E-state index contributed by atoms with van der Waals surface area (Å²) >= 11 is 6.09. The van der Waals surface area contributed by atoms with Gasteiger partial charge in [0.05, 0.1) is 5.02 Å². The highest BCUT2D eigenvalue weighted by Crippen LogP contribution is 2.39. The van der Waals surface area contributed by atoms with Crippen LogP contribution in [0.5, 0.6) is 11.5 Å². The van der Waals surface area contributed by atoms with E-state index in [0.29, 0.717) is 28.6 Å². The van der Waals surface area contributed by atoms with Crippen molar-refractivity contribution < 1.29 is 14.3 Å². The number of fused-ring (bicyclic) bond motifs is 1. The van der Waals surface area contributed by atoms with Crippen molar-refractivity contribution in [3.63, 3.8) is 0 Å². The number of amides is 1. The van der Waals surface area contributed by atoms with Crippen LogP contribution in [0.15, 0.2) is 36.4 Å². The van der Waals surface area contributed by atoms with Gasteiger partial charge in [0.15, 0.2) is 11.5 Å². The Balaban J connectivity index is 1.67. The van der Waals surface area contributed by atoms with E-state index in [1.54, 1.807) is 12.1 Å². The lowest BCUT2D eigenvalue weighted by Crippen LogP contribution is -2.22. The minimum Gasteiger partial charge on any atom is -0.454 e. The van der Waals surface area contributed by atoms with E-state index in [2.05, 4.69) is 5.32 Å². The summed E-state index contributed by atoms with van der Waals surface area (Å²) in [4.78, 5) is 14.3. The van der Waals surface area contributed by atoms with Gasteiger partial charge in [0.25, 0.3) is 5.91 Å². The van der Waals surface area contributed by atoms with E-state index in [0.717, 1.165) is 11.3 Å². The summed E-state index contributed by atoms with van der Waals surface area (Å²) in [5.41, 5.74) is 2.59. The Hall–Kier alpha value is -2.40. The van der Waals surface area contributed by atoms with Crippen LogP contribution in [-0.4, -0.2) is 26.8 Å². The molecule has 2 aromatic rings. The summed E-state index contributed by atoms with van der Waals surface area (Å²) in [6, 6.07) is 11.2. The van der Waals surface area contributed by atoms with Crippen molar-refractivity contribution in [2.24, 2.45) is 0 Å². The largest absolute Gasteiger partial charge is 0.454 e. The summed E-state index contributed by atoms with van der Waals surface area (Å²) in [6.45, 7) is 0.566. The van der Waals surface area contributed by atoms with E-state index in [9.17, 15) is 4.79 Å². The Morgan fingerprint density at radius 1 is 1.22 bits per heavy atom. The van der Waals surface area contributed by atoms with E-state index >= 15 is 0 Å². The van der Waals surface area contributed by atoms with Gasteiger partial charge in [0.1, 0.15) is 0 Å². The fraction of sp³-hybridized carbons (Fsp3) is 0.235. The van der Waals surface area contributed by atoms with Crippen LogP contribution in [0.25, 0.3) is 0 Å². The van der Waals surface area contributed by atoms with Crippen LogP contribution in [0.1, 0.15) is 15.9 Å². The van der Waals surface area contributed by atoms with E-state index in [4.69, 9.17) is 21.1 Å². The molecule has 6 heteroatoms. The topological polar surface area (TPSA) is 50.8 Å². The van der Waals surface area contributed by atoms with Crippen LogP contribution >= 0.6 is 11.6 Å². The number of benzene rings is 2. The van der Waals surface area contributed by atoms with Crippen molar-refractivity contribution in [3.05, 3.63) is 52.5 Å². The zero-order valence-corrected chi connectivity index (χ0v) is 13.7. The molecule has 2 aromatic carbocycles. The average molecular weight is 333 g/mol. The van der Waals surface area contributed by atoms with Crippen LogP contribution in [0.3, 0.4) is 0 Å². The maximum Gasteiger partial charge on any atom is 0.251 e. The minimum atomic E-state index is -0.207. The van der Waals surface area contributed by atoms with Gasteiger partial charge in [-0.1, -0.05) is 23.7 Å². The Morgan fingerprint density at radius 2 is 1.96 bits per heavy atom. The van der Waals surface area contributed by atoms with Crippen LogP contribution in [0.2, 0.25) is 5.02 Å². The molecule has 0 fully saturated rings. The van der Waals surface area contributed by atoms with Crippen LogP contribution in [0.4, 0.5) is 5.69 Å². The van der Waals surface area contributed by atoms with Gasteiger partial charge < -0.3 is 19.7 Å². The molecular formula is C17H17ClN2O3. The van der Waals surface area contributed by atoms with E-state index in [1.165, 1.54) is 0 Å². The number of carbonyl (C=O) groups excluding carboxylic acids is 1. The molecule has 1 aliphatic rings. The minimum absolute atomic E-state index is 0.123. The van der Waals surface area contributed by atoms with Gasteiger partial charge >= 0.3 is 0 Å². The lowest BCUT2D eigenvalue weighted by atomic mass is 10.1. The third-order valence-electron chi connectivity index (χ3n) is 3.60. The van der Waals surface area contributed by atoms with Crippen molar-refractivity contribution in [1.29, 1.82) is 0 Å². The van der Waals surface area contributed by atoms with E-state index in [1.807, 2.05) is 43.3 Å². The smallest absolute Gasteiger partial charge is 0.251 e. The molecule has 23 heavy (non-hydrogen) atoms. The summed E-state index contributed by atoms with van der Waals surface area (Å²) < 4.78 is 10.5. The third-order valence-corrected chi connectivity index (χ3v) is 3.88. The second-order valence-electron chi connectivity index (χ2n) is 5.44. The number of nitrogens with one attached hydrogen (secondary N) is 1. The molecule has 0 spiro atoms. The Kier molecular flexibility index (Phi) is 4.30. The molecule has 0 atom stereocenters. The SMILES string of the molecule is CN(C)c1ccc(CNC(=O)c2cc(Cl)c3c(c2)OCO3)cc1. The lowest BCUT2D eigenvalue weighted by molar-refractivity contribution is 0.0950. The normalized spacial score (nSPS) is 12.1. The van der Waals surface area contributed by atoms with E-state index < -0.39 is 0 Å². The molecule has 0 aliphatic carbocycles. The van der Waals surface area contributed by atoms with Gasteiger partial charge in [0.2, 0.25) is 6.79 Å². The molecule has 3 rings (SSSR count). The first-order valence-corrected chi connectivity index (χ1v) is 7.56. The van der Waals surface area contributed by atoms with Crippen molar-refractivity contribution in [3.8, 4) is 11.5 Å². The van der Waals surface area contributed by atoms with Gasteiger partial charge in [-0.15, -0.1) is 0 Å². The molecule has 0 unspecified atom stereocenters. The number of nitrogens with zero attached hydrogens (tertiary/aromatic N) is 1. The Bertz CT molecular complexity index is 729. The van der Waals surface area contributed by atoms with Gasteiger partial charge in [-0.2, -0.15) is 0 Å². The highest BCUT2D eigenvalue weighted by molar-refractivity contribution is 6.32. The van der Waals surface area contributed by atoms with Crippen molar-refractivity contribution >= 4 is 23.2 Å². The molecule has 120 valence electrons. The van der Waals surface area contributed by atoms with Crippen LogP contribution in [0, 0.1) is 0 Å². The standard InChI is InChI=1S/C17H17ClN2O3/c1-20(2)13-5-3-11(4-6-13)9-19-17(21)12-7-14(18)16-15(8-12)22-10-23-16/h3-8H,9-10H2,1-2H3,(H,19,21). The fourth-order valence-corrected chi connectivity index (χ4v) is 2.56. The van der Waals surface area contributed by atoms with Gasteiger partial charge in [0, 0.05) is 31.9 Å². The molecule has 0 aromatic heterocycles. The van der Waals surface area contributed by atoms with Crippen LogP contribution in [-0.2, 0) is 6.54 Å². The summed E-state index contributed by atoms with van der Waals surface area (Å²) in [6.07, 6.45) is 0. The second kappa shape index (κ2) is 6.38. The Morgan fingerprint density at radius 3 is 2.65 bits per heavy atom. The number of anilines is 1. The molecule has 1 heterocycles. The third kappa shape index (κ3) is 3.35. The van der Waals surface area contributed by atoms with Gasteiger partial charge in [-0.25, -0.2) is 0 Å². The molecule has 1 amide bonds. The molecule has 0 saturated heterocycles. The monoisotopic (exact) mass is 332 g/mol. The predicted molar refractivity (Wildman–Crippen MR) is 89.5 cm³/mol. The molecule has 1 N–H and O–H groups in total. The fourth-order valence-electron chi connectivity index (χ4n) is 2.29. The van der Waals surface area contributed by atoms with Gasteiger partial charge in [-0.3, -0.25) is 4.79 Å². The summed E-state index contributed by atoms with van der Waals surface area (Å²) in [5.74, 6) is 0.780. The van der Waals surface area contributed by atoms with Gasteiger partial charge in [-0.05, 0) is 29.8 Å². The first-order chi connectivity index (χ1) is 11.0. The zero-order chi connectivity index (χ0) is 16.4. The first kappa shape index (κ1) is 15.5. The highest BCUT2D eigenvalue weighted by atomic mass is 35.5. The lowest BCUT2D eigenvalue weighted by Gasteiger charge is -2.13. The highest BCUT2D eigenvalue weighted by Gasteiger charge is 2.20. The van der Waals surface area contributed by atoms with Crippen LogP contribution < -0.4 is 19.7 Å². The number of rotatable bonds is 4. The maximum absolute atomic E-state index is 12.3. The molecule has 0 bridgehead atoms. The number of ether oxygens (including phenoxy) is 2. The predicted octanol–water partition coefficient (Wildman–Crippen LogP) is 3.06. The first-order valence-electron chi connectivity index (χ1n) is 7.18. The molecule has 0 saturated carbocycles. The molecular weight excluding hydrogens is 316 g/mol. The summed E-state index contributed by atoms with van der Waals surface area (Å²) in [5, 5.41) is 3.25. The number of hydrogen-bond donors (Lipinski definition) is 1. The van der Waals surface area contributed by atoms with Crippen molar-refractivity contribution in [2.45, 2.75) is 6.54 Å². The molecule has 0 radical (unpaired) electrons. The molecule has 5 nitrogen and oxygen atoms in total. The average Bonchev–Trinajstić information content (AvgIpc) is 3.02. The second-order valence-corrected chi connectivity index (χ2v) is 5.84. The zero-order valence-electron chi connectivity index (χ0n) is 12.9. The molecule has 1 aliphatic heterocycles. The Labute approximate surface area is 139 Å². The van der Waals surface area contributed by atoms with Crippen molar-refractivity contribution in [2.75, 3.05) is 25.8 Å². The number of carbonyl (C=O) groups is 1.